The highest BCUT2D eigenvalue weighted by Gasteiger charge is 2.26. The highest BCUT2D eigenvalue weighted by atomic mass is 79.9. The number of hydrogen-bond acceptors (Lipinski definition) is 8. The molecule has 8 nitrogen and oxygen atoms in total. The van der Waals surface area contributed by atoms with Crippen LogP contribution >= 0.6 is 54.8 Å². The van der Waals surface area contributed by atoms with Gasteiger partial charge in [0.15, 0.2) is 5.70 Å². The summed E-state index contributed by atoms with van der Waals surface area (Å²) in [4.78, 5) is 40.5. The number of fused-ring (bicyclic) bond motifs is 1. The van der Waals surface area contributed by atoms with Gasteiger partial charge in [-0.1, -0.05) is 43.5 Å². The number of cyclic esters (lactones) is 1. The van der Waals surface area contributed by atoms with Crippen molar-refractivity contribution in [2.45, 2.75) is 0 Å². The third-order valence-electron chi connectivity index (χ3n) is 5.19. The highest BCUT2D eigenvalue weighted by Crippen LogP contribution is 2.38. The average molecular weight is 663 g/mol. The first kappa shape index (κ1) is 25.3. The zero-order chi connectivity index (χ0) is 26.3. The molecule has 37 heavy (non-hydrogen) atoms. The first-order valence-corrected chi connectivity index (χ1v) is 13.1. The van der Waals surface area contributed by atoms with Gasteiger partial charge in [-0.2, -0.15) is 0 Å². The lowest BCUT2D eigenvalue weighted by molar-refractivity contribution is -0.384. The van der Waals surface area contributed by atoms with Gasteiger partial charge in [0, 0.05) is 42.3 Å². The van der Waals surface area contributed by atoms with Crippen molar-refractivity contribution in [2.24, 2.45) is 4.99 Å². The molecule has 5 rings (SSSR count). The van der Waals surface area contributed by atoms with Crippen LogP contribution in [0.1, 0.15) is 20.8 Å². The van der Waals surface area contributed by atoms with Crippen LogP contribution in [0.3, 0.4) is 0 Å². The van der Waals surface area contributed by atoms with Crippen molar-refractivity contribution < 1.29 is 24.0 Å². The third kappa shape index (κ3) is 5.21. The Hall–Kier alpha value is -3.38. The fourth-order valence-electron chi connectivity index (χ4n) is 3.44. The van der Waals surface area contributed by atoms with Gasteiger partial charge in [-0.25, -0.2) is 14.6 Å². The van der Waals surface area contributed by atoms with Crippen LogP contribution in [0.5, 0.6) is 5.75 Å². The fourth-order valence-corrected chi connectivity index (χ4v) is 5.50. The van der Waals surface area contributed by atoms with E-state index in [1.54, 1.807) is 42.5 Å². The molecule has 3 aromatic carbocycles. The van der Waals surface area contributed by atoms with Crippen molar-refractivity contribution in [3.05, 3.63) is 106 Å². The molecular weight excluding hydrogens is 652 g/mol. The molecule has 0 saturated carbocycles. The predicted octanol–water partition coefficient (Wildman–Crippen LogP) is 7.55. The van der Waals surface area contributed by atoms with Crippen LogP contribution in [0, 0.1) is 10.1 Å². The second-order valence-corrected chi connectivity index (χ2v) is 10.9. The van der Waals surface area contributed by atoms with Gasteiger partial charge in [0.2, 0.25) is 5.90 Å². The second-order valence-electron chi connectivity index (χ2n) is 7.60. The number of benzene rings is 3. The lowest BCUT2D eigenvalue weighted by atomic mass is 10.1. The van der Waals surface area contributed by atoms with Crippen molar-refractivity contribution in [3.63, 3.8) is 0 Å². The quantitative estimate of drug-likeness (QED) is 0.0718. The Morgan fingerprint density at radius 1 is 1.08 bits per heavy atom. The lowest BCUT2D eigenvalue weighted by Crippen LogP contribution is -2.08. The number of hydrogen-bond donors (Lipinski definition) is 0. The zero-order valence-corrected chi connectivity index (χ0v) is 23.0. The number of carbonyl (C=O) groups is 2. The minimum absolute atomic E-state index is 0.0283. The summed E-state index contributed by atoms with van der Waals surface area (Å²) in [6.07, 6.45) is 1.46. The first-order valence-electron chi connectivity index (χ1n) is 10.4. The zero-order valence-electron chi connectivity index (χ0n) is 18.2. The Kier molecular flexibility index (Phi) is 6.95. The van der Waals surface area contributed by atoms with Crippen molar-refractivity contribution in [1.82, 2.24) is 0 Å². The Morgan fingerprint density at radius 3 is 2.54 bits per heavy atom. The number of aliphatic imine (C=N–C) groups is 1. The van der Waals surface area contributed by atoms with E-state index in [0.29, 0.717) is 25.7 Å². The highest BCUT2D eigenvalue weighted by molar-refractivity contribution is 9.10. The minimum Gasteiger partial charge on any atom is -0.422 e. The summed E-state index contributed by atoms with van der Waals surface area (Å²) in [7, 11) is 0. The van der Waals surface area contributed by atoms with Gasteiger partial charge in [0.1, 0.15) is 10.6 Å². The number of ether oxygens (including phenoxy) is 2. The van der Waals surface area contributed by atoms with Crippen LogP contribution in [-0.2, 0) is 9.53 Å². The maximum atomic E-state index is 13.0. The molecule has 0 fully saturated rings. The standard InChI is InChI=1S/C25H11Br2ClN2O6S/c26-14-3-1-12(2-4-14)23-29-18(24(31)36-23)10-13-9-15(27)5-8-19(13)35-25(32)22-21(28)17-7-6-16(30(33)34)11-20(17)37-22/h1-11H/b18-10+. The maximum Gasteiger partial charge on any atom is 0.363 e. The summed E-state index contributed by atoms with van der Waals surface area (Å²) >= 11 is 14.1. The number of carbonyl (C=O) groups excluding carboxylic acids is 2. The number of halogens is 3. The van der Waals surface area contributed by atoms with E-state index in [9.17, 15) is 19.7 Å². The molecule has 0 saturated heterocycles. The van der Waals surface area contributed by atoms with Crippen LogP contribution in [0.4, 0.5) is 5.69 Å². The maximum absolute atomic E-state index is 13.0. The van der Waals surface area contributed by atoms with E-state index in [0.717, 1.165) is 15.8 Å². The monoisotopic (exact) mass is 660 g/mol. The minimum atomic E-state index is -0.746. The van der Waals surface area contributed by atoms with Gasteiger partial charge >= 0.3 is 11.9 Å². The van der Waals surface area contributed by atoms with Gasteiger partial charge in [0.05, 0.1) is 9.95 Å². The number of nitro benzene ring substituents is 1. The topological polar surface area (TPSA) is 108 Å². The molecule has 12 heteroatoms. The summed E-state index contributed by atoms with van der Waals surface area (Å²) in [6, 6.07) is 16.2. The van der Waals surface area contributed by atoms with Crippen LogP contribution in [-0.4, -0.2) is 22.8 Å². The molecule has 0 amide bonds. The van der Waals surface area contributed by atoms with Crippen molar-refractivity contribution in [1.29, 1.82) is 0 Å². The van der Waals surface area contributed by atoms with E-state index in [1.807, 2.05) is 0 Å². The van der Waals surface area contributed by atoms with E-state index < -0.39 is 16.9 Å². The van der Waals surface area contributed by atoms with E-state index in [1.165, 1.54) is 24.3 Å². The number of non-ortho nitro benzene ring substituents is 1. The van der Waals surface area contributed by atoms with Crippen LogP contribution < -0.4 is 4.74 Å². The van der Waals surface area contributed by atoms with E-state index >= 15 is 0 Å². The molecule has 0 radical (unpaired) electrons. The normalized spacial score (nSPS) is 14.1. The molecule has 184 valence electrons. The van der Waals surface area contributed by atoms with Gasteiger partial charge in [-0.05, 0) is 54.6 Å². The first-order chi connectivity index (χ1) is 17.7. The van der Waals surface area contributed by atoms with Crippen molar-refractivity contribution in [2.75, 3.05) is 0 Å². The van der Waals surface area contributed by atoms with Crippen LogP contribution in [0.15, 0.2) is 80.3 Å². The molecule has 1 aliphatic heterocycles. The smallest absolute Gasteiger partial charge is 0.363 e. The van der Waals surface area contributed by atoms with Crippen LogP contribution in [0.25, 0.3) is 16.2 Å². The predicted molar refractivity (Wildman–Crippen MR) is 147 cm³/mol. The second kappa shape index (κ2) is 10.2. The lowest BCUT2D eigenvalue weighted by Gasteiger charge is -2.08. The summed E-state index contributed by atoms with van der Waals surface area (Å²) < 4.78 is 13.0. The largest absolute Gasteiger partial charge is 0.422 e. The molecule has 4 aromatic rings. The fraction of sp³-hybridized carbons (Fsp3) is 0. The van der Waals surface area contributed by atoms with E-state index in [4.69, 9.17) is 21.1 Å². The number of rotatable bonds is 5. The van der Waals surface area contributed by atoms with Gasteiger partial charge in [-0.15, -0.1) is 11.3 Å². The van der Waals surface area contributed by atoms with Gasteiger partial charge < -0.3 is 9.47 Å². The molecule has 1 aliphatic rings. The van der Waals surface area contributed by atoms with Gasteiger partial charge in [-0.3, -0.25) is 10.1 Å². The van der Waals surface area contributed by atoms with E-state index in [2.05, 4.69) is 36.9 Å². The summed E-state index contributed by atoms with van der Waals surface area (Å²) in [5, 5.41) is 11.7. The molecule has 0 N–H and O–H groups in total. The van der Waals surface area contributed by atoms with Crippen LogP contribution in [0.2, 0.25) is 5.02 Å². The van der Waals surface area contributed by atoms with Crippen molar-refractivity contribution in [3.8, 4) is 5.75 Å². The van der Waals surface area contributed by atoms with Crippen molar-refractivity contribution >= 4 is 94.5 Å². The Bertz CT molecular complexity index is 1680. The third-order valence-corrected chi connectivity index (χ3v) is 7.85. The molecule has 0 atom stereocenters. The summed E-state index contributed by atoms with van der Waals surface area (Å²) in [6.45, 7) is 0. The molecule has 0 unspecified atom stereocenters. The molecule has 1 aromatic heterocycles. The SMILES string of the molecule is O=C1OC(c2ccc(Br)cc2)=N/C1=C/c1cc(Br)ccc1OC(=O)c1sc2cc([N+](=O)[O-])ccc2c1Cl. The summed E-state index contributed by atoms with van der Waals surface area (Å²) in [5.41, 5.74) is 0.933. The number of nitro groups is 1. The Balaban J connectivity index is 1.47. The molecule has 0 spiro atoms. The van der Waals surface area contributed by atoms with E-state index in [-0.39, 0.29) is 32.9 Å². The Morgan fingerprint density at radius 2 is 1.81 bits per heavy atom. The number of nitrogens with zero attached hydrogens (tertiary/aromatic N) is 2. The number of thiophene rings is 1. The Labute approximate surface area is 234 Å². The summed E-state index contributed by atoms with van der Waals surface area (Å²) in [5.74, 6) is -1.09. The molecule has 2 heterocycles. The average Bonchev–Trinajstić information content (AvgIpc) is 3.40. The molecular formula is C25H11Br2ClN2O6S. The molecule has 0 aliphatic carbocycles. The van der Waals surface area contributed by atoms with Gasteiger partial charge in [0.25, 0.3) is 5.69 Å². The molecule has 0 bridgehead atoms. The number of esters is 2.